The Morgan fingerprint density at radius 1 is 1.21 bits per heavy atom. The smallest absolute Gasteiger partial charge is 0.221 e. The second kappa shape index (κ2) is 8.10. The van der Waals surface area contributed by atoms with Gasteiger partial charge in [-0.1, -0.05) is 22.0 Å². The number of hydrogen-bond acceptors (Lipinski definition) is 2. The Labute approximate surface area is 171 Å². The van der Waals surface area contributed by atoms with Gasteiger partial charge in [-0.3, -0.25) is 4.79 Å². The van der Waals surface area contributed by atoms with Gasteiger partial charge in [0.2, 0.25) is 5.91 Å². The summed E-state index contributed by atoms with van der Waals surface area (Å²) >= 11 is 3.51. The van der Waals surface area contributed by atoms with Crippen LogP contribution in [-0.2, 0) is 17.8 Å². The van der Waals surface area contributed by atoms with Crippen molar-refractivity contribution in [1.29, 1.82) is 0 Å². The van der Waals surface area contributed by atoms with Crippen LogP contribution in [0.1, 0.15) is 12.0 Å². The maximum atomic E-state index is 12.3. The average molecular weight is 440 g/mol. The fourth-order valence-electron chi connectivity index (χ4n) is 3.49. The first kappa shape index (κ1) is 18.6. The summed E-state index contributed by atoms with van der Waals surface area (Å²) in [5.41, 5.74) is 3.39. The normalized spacial score (nSPS) is 11.2. The number of H-pyrrole nitrogens is 1. The first-order valence-corrected chi connectivity index (χ1v) is 10.1. The van der Waals surface area contributed by atoms with E-state index in [1.165, 1.54) is 10.9 Å². The fraction of sp³-hybridized carbons (Fsp3) is 0.227. The molecule has 2 aromatic heterocycles. The number of methoxy groups -OCH3 is 1. The third-order valence-electron chi connectivity index (χ3n) is 5.01. The van der Waals surface area contributed by atoms with Crippen LogP contribution in [0, 0.1) is 0 Å². The Hall–Kier alpha value is -2.73. The summed E-state index contributed by atoms with van der Waals surface area (Å²) < 4.78 is 8.46. The number of amides is 1. The predicted molar refractivity (Wildman–Crippen MR) is 116 cm³/mol. The van der Waals surface area contributed by atoms with Gasteiger partial charge in [-0.2, -0.15) is 0 Å². The highest BCUT2D eigenvalue weighted by Crippen LogP contribution is 2.24. The quantitative estimate of drug-likeness (QED) is 0.440. The van der Waals surface area contributed by atoms with Crippen molar-refractivity contribution < 1.29 is 9.53 Å². The van der Waals surface area contributed by atoms with Gasteiger partial charge in [0.1, 0.15) is 5.75 Å². The number of rotatable bonds is 7. The van der Waals surface area contributed by atoms with E-state index >= 15 is 0 Å². The highest BCUT2D eigenvalue weighted by atomic mass is 79.9. The lowest BCUT2D eigenvalue weighted by Crippen LogP contribution is -2.26. The highest BCUT2D eigenvalue weighted by molar-refractivity contribution is 9.10. The number of carbonyl (C=O) groups excluding carboxylic acids is 1. The van der Waals surface area contributed by atoms with Crippen LogP contribution >= 0.6 is 15.9 Å². The molecule has 0 unspecified atom stereocenters. The van der Waals surface area contributed by atoms with Crippen LogP contribution in [0.25, 0.3) is 21.8 Å². The molecule has 28 heavy (non-hydrogen) atoms. The van der Waals surface area contributed by atoms with Gasteiger partial charge in [-0.25, -0.2) is 0 Å². The van der Waals surface area contributed by atoms with Crippen LogP contribution in [0.4, 0.5) is 0 Å². The second-order valence-corrected chi connectivity index (χ2v) is 7.70. The number of aryl methyl sites for hydroxylation is 1. The molecular formula is C22H22BrN3O2. The third-order valence-corrected chi connectivity index (χ3v) is 5.50. The minimum atomic E-state index is 0.0641. The van der Waals surface area contributed by atoms with Crippen molar-refractivity contribution in [3.8, 4) is 5.75 Å². The maximum absolute atomic E-state index is 12.3. The molecule has 0 atom stereocenters. The largest absolute Gasteiger partial charge is 0.497 e. The number of carbonyl (C=O) groups is 1. The van der Waals surface area contributed by atoms with E-state index < -0.39 is 0 Å². The molecule has 6 heteroatoms. The topological polar surface area (TPSA) is 59.0 Å². The number of benzene rings is 2. The Morgan fingerprint density at radius 2 is 2.11 bits per heavy atom. The first-order chi connectivity index (χ1) is 13.6. The molecule has 1 amide bonds. The molecule has 4 rings (SSSR count). The third kappa shape index (κ3) is 3.92. The molecule has 0 radical (unpaired) electrons. The van der Waals surface area contributed by atoms with Crippen molar-refractivity contribution in [2.75, 3.05) is 13.7 Å². The minimum Gasteiger partial charge on any atom is -0.497 e. The highest BCUT2D eigenvalue weighted by Gasteiger charge is 2.08. The van der Waals surface area contributed by atoms with E-state index in [1.54, 1.807) is 7.11 Å². The summed E-state index contributed by atoms with van der Waals surface area (Å²) in [6, 6.07) is 14.2. The minimum absolute atomic E-state index is 0.0641. The number of nitrogens with zero attached hydrogens (tertiary/aromatic N) is 1. The maximum Gasteiger partial charge on any atom is 0.221 e. The van der Waals surface area contributed by atoms with Crippen molar-refractivity contribution in [2.45, 2.75) is 19.4 Å². The molecule has 2 aromatic carbocycles. The molecule has 2 heterocycles. The van der Waals surface area contributed by atoms with Crippen molar-refractivity contribution in [1.82, 2.24) is 14.9 Å². The van der Waals surface area contributed by atoms with Crippen molar-refractivity contribution in [2.24, 2.45) is 0 Å². The van der Waals surface area contributed by atoms with Crippen molar-refractivity contribution >= 4 is 43.6 Å². The fourth-order valence-corrected chi connectivity index (χ4v) is 3.84. The summed E-state index contributed by atoms with van der Waals surface area (Å²) in [7, 11) is 1.67. The van der Waals surface area contributed by atoms with E-state index in [0.29, 0.717) is 19.5 Å². The Kier molecular flexibility index (Phi) is 5.39. The molecular weight excluding hydrogens is 418 g/mol. The summed E-state index contributed by atoms with van der Waals surface area (Å²) in [6.45, 7) is 1.27. The van der Waals surface area contributed by atoms with Crippen LogP contribution in [-0.4, -0.2) is 29.1 Å². The number of aromatic amines is 1. The molecule has 0 saturated carbocycles. The van der Waals surface area contributed by atoms with E-state index in [-0.39, 0.29) is 5.91 Å². The van der Waals surface area contributed by atoms with E-state index in [1.807, 2.05) is 36.7 Å². The number of ether oxygens (including phenoxy) is 1. The van der Waals surface area contributed by atoms with Gasteiger partial charge in [-0.05, 0) is 53.8 Å². The Bertz CT molecular complexity index is 1130. The van der Waals surface area contributed by atoms with E-state index in [0.717, 1.165) is 33.1 Å². The van der Waals surface area contributed by atoms with Crippen LogP contribution < -0.4 is 10.1 Å². The summed E-state index contributed by atoms with van der Waals surface area (Å²) in [4.78, 5) is 15.5. The van der Waals surface area contributed by atoms with Gasteiger partial charge in [0.15, 0.2) is 0 Å². The SMILES string of the molecule is COc1ccc2[nH]cc(CCNC(=O)CCn3ccc4ccc(Br)cc43)c2c1. The lowest BCUT2D eigenvalue weighted by molar-refractivity contribution is -0.121. The Morgan fingerprint density at radius 3 is 2.96 bits per heavy atom. The van der Waals surface area contributed by atoms with Gasteiger partial charge in [-0.15, -0.1) is 0 Å². The molecule has 0 bridgehead atoms. The molecule has 5 nitrogen and oxygen atoms in total. The van der Waals surface area contributed by atoms with E-state index in [9.17, 15) is 4.79 Å². The number of fused-ring (bicyclic) bond motifs is 2. The van der Waals surface area contributed by atoms with Crippen LogP contribution in [0.15, 0.2) is 59.3 Å². The van der Waals surface area contributed by atoms with Gasteiger partial charge < -0.3 is 19.6 Å². The molecule has 0 saturated heterocycles. The zero-order valence-corrected chi connectivity index (χ0v) is 17.3. The molecule has 0 fully saturated rings. The second-order valence-electron chi connectivity index (χ2n) is 6.79. The summed E-state index contributed by atoms with van der Waals surface area (Å²) in [5.74, 6) is 0.900. The number of hydrogen-bond donors (Lipinski definition) is 2. The van der Waals surface area contributed by atoms with E-state index in [2.05, 4.69) is 49.0 Å². The average Bonchev–Trinajstić information content (AvgIpc) is 3.29. The lowest BCUT2D eigenvalue weighted by atomic mass is 10.1. The Balaban J connectivity index is 1.32. The zero-order chi connectivity index (χ0) is 19.5. The molecule has 2 N–H and O–H groups in total. The molecule has 0 spiro atoms. The lowest BCUT2D eigenvalue weighted by Gasteiger charge is -2.08. The molecule has 0 aliphatic carbocycles. The predicted octanol–water partition coefficient (Wildman–Crippen LogP) is 4.64. The molecule has 0 aliphatic rings. The van der Waals surface area contributed by atoms with Crippen molar-refractivity contribution in [3.63, 3.8) is 0 Å². The molecule has 0 aliphatic heterocycles. The molecule has 4 aromatic rings. The monoisotopic (exact) mass is 439 g/mol. The standard InChI is InChI=1S/C22H22BrN3O2/c1-28-18-4-5-20-19(13-18)16(14-25-20)6-9-24-22(27)8-11-26-10-7-15-2-3-17(23)12-21(15)26/h2-5,7,10,12-14,25H,6,8-9,11H2,1H3,(H,24,27). The van der Waals surface area contributed by atoms with Gasteiger partial charge in [0, 0.05) is 52.8 Å². The summed E-state index contributed by atoms with van der Waals surface area (Å²) in [5, 5.41) is 5.35. The van der Waals surface area contributed by atoms with Gasteiger partial charge in [0.25, 0.3) is 0 Å². The zero-order valence-electron chi connectivity index (χ0n) is 15.7. The first-order valence-electron chi connectivity index (χ1n) is 9.29. The molecule has 144 valence electrons. The summed E-state index contributed by atoms with van der Waals surface area (Å²) in [6.07, 6.45) is 5.26. The number of aromatic nitrogens is 2. The van der Waals surface area contributed by atoms with Gasteiger partial charge >= 0.3 is 0 Å². The number of halogens is 1. The van der Waals surface area contributed by atoms with E-state index in [4.69, 9.17) is 4.74 Å². The number of nitrogens with one attached hydrogen (secondary N) is 2. The van der Waals surface area contributed by atoms with Gasteiger partial charge in [0.05, 0.1) is 7.11 Å². The van der Waals surface area contributed by atoms with Crippen LogP contribution in [0.5, 0.6) is 5.75 Å². The van der Waals surface area contributed by atoms with Crippen molar-refractivity contribution in [3.05, 3.63) is 64.9 Å². The van der Waals surface area contributed by atoms with Crippen LogP contribution in [0.2, 0.25) is 0 Å². The van der Waals surface area contributed by atoms with Crippen LogP contribution in [0.3, 0.4) is 0 Å².